The number of methoxy groups -OCH3 is 1. The van der Waals surface area contributed by atoms with Crippen molar-refractivity contribution in [3.63, 3.8) is 0 Å². The van der Waals surface area contributed by atoms with Crippen molar-refractivity contribution in [2.45, 2.75) is 11.4 Å². The number of likely N-dealkylation sites (N-methyl/N-ethyl adjacent to an activating group) is 2. The maximum Gasteiger partial charge on any atom is 0.413 e. The molecule has 0 saturated carbocycles. The molecule has 13 heteroatoms. The zero-order valence-corrected chi connectivity index (χ0v) is 22.3. The minimum atomic E-state index is -3.84. The second-order valence-electron chi connectivity index (χ2n) is 8.26. The van der Waals surface area contributed by atoms with Crippen molar-refractivity contribution in [3.05, 3.63) is 58.6 Å². The highest BCUT2D eigenvalue weighted by Crippen LogP contribution is 2.28. The monoisotopic (exact) mass is 552 g/mol. The Labute approximate surface area is 220 Å². The van der Waals surface area contributed by atoms with Crippen LogP contribution in [0.15, 0.2) is 52.4 Å². The van der Waals surface area contributed by atoms with Gasteiger partial charge in [-0.15, -0.1) is 0 Å². The van der Waals surface area contributed by atoms with Crippen LogP contribution in [0.4, 0.5) is 4.79 Å². The summed E-state index contributed by atoms with van der Waals surface area (Å²) in [5.41, 5.74) is 1.54. The summed E-state index contributed by atoms with van der Waals surface area (Å²) in [6, 6.07) is 11.5. The Hall–Kier alpha value is -3.19. The average Bonchev–Trinajstić information content (AvgIpc) is 3.37. The van der Waals surface area contributed by atoms with Crippen molar-refractivity contribution >= 4 is 39.5 Å². The van der Waals surface area contributed by atoms with Crippen LogP contribution in [0, 0.1) is 0 Å². The van der Waals surface area contributed by atoms with Crippen molar-refractivity contribution < 1.29 is 32.6 Å². The largest absolute Gasteiger partial charge is 0.497 e. The molecule has 0 fully saturated rings. The van der Waals surface area contributed by atoms with Gasteiger partial charge >= 0.3 is 6.09 Å². The number of hydrogen-bond donors (Lipinski definition) is 1. The highest BCUT2D eigenvalue weighted by molar-refractivity contribution is 7.89. The first-order valence-electron chi connectivity index (χ1n) is 11.3. The lowest BCUT2D eigenvalue weighted by Gasteiger charge is -2.20. The number of sulfonamides is 1. The van der Waals surface area contributed by atoms with Crippen molar-refractivity contribution in [2.75, 3.05) is 54.1 Å². The summed E-state index contributed by atoms with van der Waals surface area (Å²) in [6.07, 6.45) is -1.04. The first-order chi connectivity index (χ1) is 17.5. The highest BCUT2D eigenvalue weighted by atomic mass is 35.5. The molecule has 2 aromatic carbocycles. The number of hydrogen-bond acceptors (Lipinski definition) is 7. The molecule has 3 rings (SSSR count). The van der Waals surface area contributed by atoms with Crippen LogP contribution in [0.1, 0.15) is 11.1 Å². The Morgan fingerprint density at radius 2 is 1.86 bits per heavy atom. The minimum absolute atomic E-state index is 0.0139. The first-order valence-corrected chi connectivity index (χ1v) is 13.1. The van der Waals surface area contributed by atoms with E-state index in [1.807, 2.05) is 12.1 Å². The number of amidine groups is 1. The zero-order chi connectivity index (χ0) is 27.2. The number of ether oxygens (including phenoxy) is 2. The Morgan fingerprint density at radius 1 is 1.16 bits per heavy atom. The number of amides is 2. The third-order valence-corrected chi connectivity index (χ3v) is 8.07. The van der Waals surface area contributed by atoms with Crippen molar-refractivity contribution in [3.8, 4) is 5.75 Å². The molecule has 0 spiro atoms. The van der Waals surface area contributed by atoms with Crippen LogP contribution >= 0.6 is 11.6 Å². The molecule has 2 amide bonds. The van der Waals surface area contributed by atoms with Gasteiger partial charge in [0.1, 0.15) is 23.1 Å². The molecule has 1 N–H and O–H groups in total. The van der Waals surface area contributed by atoms with Gasteiger partial charge in [0.05, 0.1) is 31.8 Å². The van der Waals surface area contributed by atoms with Gasteiger partial charge in [0.15, 0.2) is 0 Å². The van der Waals surface area contributed by atoms with E-state index < -0.39 is 16.1 Å². The van der Waals surface area contributed by atoms with E-state index in [0.29, 0.717) is 36.8 Å². The van der Waals surface area contributed by atoms with E-state index in [9.17, 15) is 23.1 Å². The quantitative estimate of drug-likeness (QED) is 0.424. The maximum atomic E-state index is 12.8. The number of benzene rings is 2. The molecule has 0 bridgehead atoms. The SMILES string of the molecule is COc1ccc(S(=O)(=O)N(C)CCOCC(=O)N(C)Cc2ccc(C3=NCCN3C(=O)O)cc2)c(Cl)c1. The fraction of sp³-hybridized carbons (Fsp3) is 0.375. The lowest BCUT2D eigenvalue weighted by Crippen LogP contribution is -2.33. The van der Waals surface area contributed by atoms with Gasteiger partial charge in [-0.1, -0.05) is 35.9 Å². The Morgan fingerprint density at radius 3 is 2.49 bits per heavy atom. The van der Waals surface area contributed by atoms with Crippen LogP contribution in [0.25, 0.3) is 0 Å². The summed E-state index contributed by atoms with van der Waals surface area (Å²) in [7, 11) is 0.656. The predicted molar refractivity (Wildman–Crippen MR) is 138 cm³/mol. The normalized spacial score (nSPS) is 13.5. The van der Waals surface area contributed by atoms with Crippen molar-refractivity contribution in [2.24, 2.45) is 4.99 Å². The van der Waals surface area contributed by atoms with Gasteiger partial charge in [0, 0.05) is 38.8 Å². The fourth-order valence-corrected chi connectivity index (χ4v) is 5.23. The molecule has 1 heterocycles. The van der Waals surface area contributed by atoms with E-state index in [0.717, 1.165) is 9.87 Å². The molecule has 1 aliphatic heterocycles. The smallest absolute Gasteiger partial charge is 0.413 e. The van der Waals surface area contributed by atoms with Crippen LogP contribution in [-0.4, -0.2) is 99.5 Å². The molecule has 2 aromatic rings. The predicted octanol–water partition coefficient (Wildman–Crippen LogP) is 2.38. The Balaban J connectivity index is 1.46. The topological polar surface area (TPSA) is 129 Å². The van der Waals surface area contributed by atoms with Crippen LogP contribution in [0.5, 0.6) is 5.75 Å². The minimum Gasteiger partial charge on any atom is -0.497 e. The molecule has 0 unspecified atom stereocenters. The molecule has 37 heavy (non-hydrogen) atoms. The Kier molecular flexibility index (Phi) is 9.49. The number of aliphatic imine (C=N–C) groups is 1. The second-order valence-corrected chi connectivity index (χ2v) is 10.7. The van der Waals surface area contributed by atoms with Crippen molar-refractivity contribution in [1.82, 2.24) is 14.1 Å². The van der Waals surface area contributed by atoms with Gasteiger partial charge in [-0.05, 0) is 17.7 Å². The molecule has 0 saturated heterocycles. The summed E-state index contributed by atoms with van der Waals surface area (Å²) in [6.45, 7) is 0.913. The number of nitrogens with zero attached hydrogens (tertiary/aromatic N) is 4. The van der Waals surface area contributed by atoms with Gasteiger partial charge in [0.25, 0.3) is 0 Å². The molecule has 200 valence electrons. The third-order valence-electron chi connectivity index (χ3n) is 5.73. The molecular formula is C24H29ClN4O7S. The fourth-order valence-electron chi connectivity index (χ4n) is 3.57. The molecular weight excluding hydrogens is 524 g/mol. The second kappa shape index (κ2) is 12.4. The Bertz CT molecular complexity index is 1270. The van der Waals surface area contributed by atoms with Crippen molar-refractivity contribution in [1.29, 1.82) is 0 Å². The van der Waals surface area contributed by atoms with Gasteiger partial charge in [-0.3, -0.25) is 14.7 Å². The lowest BCUT2D eigenvalue weighted by atomic mass is 10.1. The maximum absolute atomic E-state index is 12.8. The number of carbonyl (C=O) groups is 2. The van der Waals surface area contributed by atoms with E-state index in [-0.39, 0.29) is 35.6 Å². The van der Waals surface area contributed by atoms with E-state index in [1.54, 1.807) is 19.2 Å². The van der Waals surface area contributed by atoms with E-state index in [2.05, 4.69) is 4.99 Å². The van der Waals surface area contributed by atoms with Gasteiger partial charge in [0.2, 0.25) is 15.9 Å². The lowest BCUT2D eigenvalue weighted by molar-refractivity contribution is -0.135. The van der Waals surface area contributed by atoms with E-state index in [1.165, 1.54) is 42.2 Å². The van der Waals surface area contributed by atoms with Crippen LogP contribution in [0.2, 0.25) is 5.02 Å². The van der Waals surface area contributed by atoms with Gasteiger partial charge < -0.3 is 19.5 Å². The molecule has 11 nitrogen and oxygen atoms in total. The van der Waals surface area contributed by atoms with E-state index in [4.69, 9.17) is 21.1 Å². The van der Waals surface area contributed by atoms with Crippen LogP contribution in [-0.2, 0) is 26.1 Å². The third kappa shape index (κ3) is 6.98. The molecule has 0 radical (unpaired) electrons. The van der Waals surface area contributed by atoms with E-state index >= 15 is 0 Å². The molecule has 0 atom stereocenters. The molecule has 1 aliphatic rings. The number of halogens is 1. The summed E-state index contributed by atoms with van der Waals surface area (Å²) in [5.74, 6) is 0.588. The standard InChI is InChI=1S/C24H29ClN4O7S/c1-27(15-17-4-6-18(7-5-17)23-26-10-11-29(23)24(31)32)22(30)16-36-13-12-28(2)37(33,34)21-9-8-19(35-3)14-20(21)25/h4-9,14H,10-13,15-16H2,1-3H3,(H,31,32). The number of rotatable bonds is 11. The summed E-state index contributed by atoms with van der Waals surface area (Å²) < 4.78 is 37.1. The summed E-state index contributed by atoms with van der Waals surface area (Å²) in [5, 5.41) is 9.31. The van der Waals surface area contributed by atoms with Crippen LogP contribution in [0.3, 0.4) is 0 Å². The van der Waals surface area contributed by atoms with Gasteiger partial charge in [-0.2, -0.15) is 4.31 Å². The zero-order valence-electron chi connectivity index (χ0n) is 20.8. The average molecular weight is 553 g/mol. The number of carbonyl (C=O) groups excluding carboxylic acids is 1. The summed E-state index contributed by atoms with van der Waals surface area (Å²) in [4.78, 5) is 30.7. The summed E-state index contributed by atoms with van der Waals surface area (Å²) >= 11 is 6.10. The van der Waals surface area contributed by atoms with Gasteiger partial charge in [-0.25, -0.2) is 13.2 Å². The molecule has 0 aliphatic carbocycles. The number of carboxylic acid groups (broad SMARTS) is 1. The highest BCUT2D eigenvalue weighted by Gasteiger charge is 2.25. The molecule has 0 aromatic heterocycles. The first kappa shape index (κ1) is 28.4. The van der Waals surface area contributed by atoms with Crippen LogP contribution < -0.4 is 4.74 Å².